The number of carbonyl (C=O) groups excluding carboxylic acids is 2. The van der Waals surface area contributed by atoms with Crippen LogP contribution in [-0.4, -0.2) is 37.5 Å². The van der Waals surface area contributed by atoms with E-state index in [2.05, 4.69) is 5.32 Å². The number of ether oxygens (including phenoxy) is 2. The number of methoxy groups -OCH3 is 2. The second kappa shape index (κ2) is 10.2. The van der Waals surface area contributed by atoms with Crippen LogP contribution in [0.25, 0.3) is 0 Å². The Bertz CT molecular complexity index is 1080. The SMILES string of the molecule is COc1ccc(NC(=O)C[C@H]2C(=O)N(Cc3ccccc3)C[C@@H]2c2ccc(OC)cc2)cc1. The molecule has 0 aliphatic carbocycles. The molecule has 1 fully saturated rings. The zero-order chi connectivity index (χ0) is 23.2. The molecule has 0 aromatic heterocycles. The molecule has 1 heterocycles. The monoisotopic (exact) mass is 444 g/mol. The highest BCUT2D eigenvalue weighted by atomic mass is 16.5. The topological polar surface area (TPSA) is 67.9 Å². The summed E-state index contributed by atoms with van der Waals surface area (Å²) in [7, 11) is 3.22. The lowest BCUT2D eigenvalue weighted by Gasteiger charge is -2.17. The van der Waals surface area contributed by atoms with Crippen molar-refractivity contribution in [3.05, 3.63) is 90.0 Å². The third kappa shape index (κ3) is 5.34. The Labute approximate surface area is 194 Å². The minimum Gasteiger partial charge on any atom is -0.497 e. The van der Waals surface area contributed by atoms with Gasteiger partial charge in [0.15, 0.2) is 0 Å². The molecule has 1 aliphatic rings. The van der Waals surface area contributed by atoms with E-state index >= 15 is 0 Å². The van der Waals surface area contributed by atoms with E-state index in [-0.39, 0.29) is 24.2 Å². The van der Waals surface area contributed by atoms with Crippen LogP contribution >= 0.6 is 0 Å². The average Bonchev–Trinajstić information content (AvgIpc) is 3.15. The van der Waals surface area contributed by atoms with Gasteiger partial charge in [0.1, 0.15) is 11.5 Å². The normalized spacial score (nSPS) is 17.6. The van der Waals surface area contributed by atoms with Crippen LogP contribution in [0.3, 0.4) is 0 Å². The second-order valence-electron chi connectivity index (χ2n) is 8.17. The summed E-state index contributed by atoms with van der Waals surface area (Å²) in [5.41, 5.74) is 2.78. The highest BCUT2D eigenvalue weighted by Gasteiger charge is 2.42. The fraction of sp³-hybridized carbons (Fsp3) is 0.259. The number of anilines is 1. The van der Waals surface area contributed by atoms with E-state index in [1.807, 2.05) is 59.5 Å². The zero-order valence-electron chi connectivity index (χ0n) is 18.9. The highest BCUT2D eigenvalue weighted by Crippen LogP contribution is 2.37. The Kier molecular flexibility index (Phi) is 6.93. The van der Waals surface area contributed by atoms with Crippen LogP contribution in [-0.2, 0) is 16.1 Å². The molecule has 1 aliphatic heterocycles. The quantitative estimate of drug-likeness (QED) is 0.557. The molecule has 3 aromatic carbocycles. The van der Waals surface area contributed by atoms with Gasteiger partial charge in [-0.15, -0.1) is 0 Å². The van der Waals surface area contributed by atoms with Crippen molar-refractivity contribution < 1.29 is 19.1 Å². The highest BCUT2D eigenvalue weighted by molar-refractivity contribution is 5.95. The third-order valence-corrected chi connectivity index (χ3v) is 6.07. The van der Waals surface area contributed by atoms with E-state index in [0.29, 0.717) is 18.8 Å². The van der Waals surface area contributed by atoms with E-state index in [4.69, 9.17) is 9.47 Å². The maximum Gasteiger partial charge on any atom is 0.227 e. The third-order valence-electron chi connectivity index (χ3n) is 6.07. The summed E-state index contributed by atoms with van der Waals surface area (Å²) < 4.78 is 10.4. The summed E-state index contributed by atoms with van der Waals surface area (Å²) in [6.45, 7) is 1.10. The molecule has 6 heteroatoms. The van der Waals surface area contributed by atoms with E-state index < -0.39 is 5.92 Å². The molecule has 2 amide bonds. The van der Waals surface area contributed by atoms with Gasteiger partial charge in [-0.25, -0.2) is 0 Å². The number of rotatable bonds is 8. The summed E-state index contributed by atoms with van der Waals surface area (Å²) in [6.07, 6.45) is 0.118. The van der Waals surface area contributed by atoms with Crippen LogP contribution in [0.5, 0.6) is 11.5 Å². The number of nitrogens with zero attached hydrogens (tertiary/aromatic N) is 1. The molecule has 1 N–H and O–H groups in total. The Morgan fingerprint density at radius 1 is 0.909 bits per heavy atom. The Morgan fingerprint density at radius 3 is 2.12 bits per heavy atom. The Balaban J connectivity index is 1.52. The van der Waals surface area contributed by atoms with Gasteiger partial charge in [0, 0.05) is 31.1 Å². The number of likely N-dealkylation sites (tertiary alicyclic amines) is 1. The first-order valence-corrected chi connectivity index (χ1v) is 11.0. The van der Waals surface area contributed by atoms with Gasteiger partial charge >= 0.3 is 0 Å². The van der Waals surface area contributed by atoms with Crippen molar-refractivity contribution in [1.82, 2.24) is 4.90 Å². The lowest BCUT2D eigenvalue weighted by Crippen LogP contribution is -2.28. The van der Waals surface area contributed by atoms with Gasteiger partial charge in [-0.05, 0) is 47.5 Å². The van der Waals surface area contributed by atoms with E-state index in [0.717, 1.165) is 22.6 Å². The van der Waals surface area contributed by atoms with Crippen molar-refractivity contribution in [3.8, 4) is 11.5 Å². The summed E-state index contributed by atoms with van der Waals surface area (Å²) in [6, 6.07) is 24.8. The first-order valence-electron chi connectivity index (χ1n) is 11.0. The zero-order valence-corrected chi connectivity index (χ0v) is 18.9. The Hall–Kier alpha value is -3.80. The predicted molar refractivity (Wildman–Crippen MR) is 127 cm³/mol. The summed E-state index contributed by atoms with van der Waals surface area (Å²) in [5, 5.41) is 2.91. The predicted octanol–water partition coefficient (Wildman–Crippen LogP) is 4.47. The number of amides is 2. The number of carbonyl (C=O) groups is 2. The molecule has 0 radical (unpaired) electrons. The number of hydrogen-bond donors (Lipinski definition) is 1. The largest absolute Gasteiger partial charge is 0.497 e. The van der Waals surface area contributed by atoms with Gasteiger partial charge in [0.2, 0.25) is 11.8 Å². The molecule has 4 rings (SSSR count). The van der Waals surface area contributed by atoms with E-state index in [1.54, 1.807) is 38.5 Å². The van der Waals surface area contributed by atoms with E-state index in [9.17, 15) is 9.59 Å². The van der Waals surface area contributed by atoms with Crippen molar-refractivity contribution in [2.75, 3.05) is 26.1 Å². The van der Waals surface area contributed by atoms with E-state index in [1.165, 1.54) is 0 Å². The first-order chi connectivity index (χ1) is 16.1. The minimum absolute atomic E-state index is 0.00421. The minimum atomic E-state index is -0.430. The van der Waals surface area contributed by atoms with Gasteiger partial charge in [0.05, 0.1) is 20.1 Å². The van der Waals surface area contributed by atoms with Crippen molar-refractivity contribution in [2.24, 2.45) is 5.92 Å². The van der Waals surface area contributed by atoms with Gasteiger partial charge in [-0.1, -0.05) is 42.5 Å². The second-order valence-corrected chi connectivity index (χ2v) is 8.17. The molecule has 0 bridgehead atoms. The number of hydrogen-bond acceptors (Lipinski definition) is 4. The number of nitrogens with one attached hydrogen (secondary N) is 1. The molecule has 33 heavy (non-hydrogen) atoms. The standard InChI is InChI=1S/C27H28N2O4/c1-32-22-12-8-20(9-13-22)25-18-29(17-19-6-4-3-5-7-19)27(31)24(25)16-26(30)28-21-10-14-23(33-2)15-11-21/h3-15,24-25H,16-18H2,1-2H3,(H,28,30)/t24-,25-/m1/s1. The molecule has 170 valence electrons. The van der Waals surface area contributed by atoms with Crippen LogP contribution in [0.15, 0.2) is 78.9 Å². The lowest BCUT2D eigenvalue weighted by atomic mass is 9.86. The lowest BCUT2D eigenvalue weighted by molar-refractivity contribution is -0.133. The molecule has 0 unspecified atom stereocenters. The van der Waals surface area contributed by atoms with Crippen LogP contribution in [0.2, 0.25) is 0 Å². The van der Waals surface area contributed by atoms with Gasteiger partial charge < -0.3 is 19.7 Å². The molecule has 3 aromatic rings. The fourth-order valence-corrected chi connectivity index (χ4v) is 4.31. The molecule has 6 nitrogen and oxygen atoms in total. The van der Waals surface area contributed by atoms with Crippen molar-refractivity contribution in [2.45, 2.75) is 18.9 Å². The number of benzene rings is 3. The summed E-state index contributed by atoms with van der Waals surface area (Å²) in [5.74, 6) is 0.797. The maximum absolute atomic E-state index is 13.4. The molecule has 2 atom stereocenters. The maximum atomic E-state index is 13.4. The molecule has 0 spiro atoms. The first kappa shape index (κ1) is 22.4. The van der Waals surface area contributed by atoms with Crippen LogP contribution in [0.1, 0.15) is 23.5 Å². The fourth-order valence-electron chi connectivity index (χ4n) is 4.31. The smallest absolute Gasteiger partial charge is 0.227 e. The summed E-state index contributed by atoms with van der Waals surface area (Å²) >= 11 is 0. The van der Waals surface area contributed by atoms with Gasteiger partial charge in [-0.3, -0.25) is 9.59 Å². The molecule has 1 saturated heterocycles. The van der Waals surface area contributed by atoms with Crippen LogP contribution in [0, 0.1) is 5.92 Å². The van der Waals surface area contributed by atoms with Crippen LogP contribution < -0.4 is 14.8 Å². The van der Waals surface area contributed by atoms with Gasteiger partial charge in [-0.2, -0.15) is 0 Å². The Morgan fingerprint density at radius 2 is 1.52 bits per heavy atom. The average molecular weight is 445 g/mol. The summed E-state index contributed by atoms with van der Waals surface area (Å²) in [4.78, 5) is 28.1. The van der Waals surface area contributed by atoms with Gasteiger partial charge in [0.25, 0.3) is 0 Å². The van der Waals surface area contributed by atoms with Crippen molar-refractivity contribution in [1.29, 1.82) is 0 Å². The molecule has 0 saturated carbocycles. The van der Waals surface area contributed by atoms with Crippen molar-refractivity contribution >= 4 is 17.5 Å². The van der Waals surface area contributed by atoms with Crippen LogP contribution in [0.4, 0.5) is 5.69 Å². The van der Waals surface area contributed by atoms with Crippen molar-refractivity contribution in [3.63, 3.8) is 0 Å². The molecular weight excluding hydrogens is 416 g/mol. The molecular formula is C27H28N2O4.